The molecule has 5 nitrogen and oxygen atoms in total. The Balaban J connectivity index is 2.25. The van der Waals surface area contributed by atoms with Crippen LogP contribution in [-0.4, -0.2) is 22.0 Å². The molecule has 0 saturated carbocycles. The summed E-state index contributed by atoms with van der Waals surface area (Å²) < 4.78 is 1.99. The van der Waals surface area contributed by atoms with Gasteiger partial charge in [-0.15, -0.1) is 11.6 Å². The maximum absolute atomic E-state index is 11.5. The van der Waals surface area contributed by atoms with E-state index in [1.807, 2.05) is 23.6 Å². The Labute approximate surface area is 121 Å². The van der Waals surface area contributed by atoms with Gasteiger partial charge >= 0.3 is 0 Å². The van der Waals surface area contributed by atoms with E-state index in [0.717, 1.165) is 5.52 Å². The Morgan fingerprint density at radius 2 is 2.40 bits per heavy atom. The minimum Gasteiger partial charge on any atom is -0.354 e. The first-order valence-electron chi connectivity index (χ1n) is 6.43. The number of amides is 1. The number of rotatable bonds is 2. The number of fused-ring (bicyclic) bond motifs is 1. The lowest BCUT2D eigenvalue weighted by Crippen LogP contribution is -2.17. The molecule has 1 aromatic carbocycles. The summed E-state index contributed by atoms with van der Waals surface area (Å²) in [6, 6.07) is 7.62. The highest BCUT2D eigenvalue weighted by molar-refractivity contribution is 6.20. The first-order chi connectivity index (χ1) is 9.61. The van der Waals surface area contributed by atoms with E-state index in [1.54, 1.807) is 6.07 Å². The lowest BCUT2D eigenvalue weighted by Gasteiger charge is -2.15. The third kappa shape index (κ3) is 1.93. The SMILES string of the molecule is CC(Cl)c1nc2c(C#N)cccc2n1C1CNC(=O)C1. The molecule has 1 amide bonds. The molecule has 0 aliphatic carbocycles. The van der Waals surface area contributed by atoms with Gasteiger partial charge in [-0.2, -0.15) is 5.26 Å². The molecule has 6 heteroatoms. The summed E-state index contributed by atoms with van der Waals surface area (Å²) in [5, 5.41) is 11.7. The second-order valence-corrected chi connectivity index (χ2v) is 5.56. The Morgan fingerprint density at radius 3 is 3.00 bits per heavy atom. The van der Waals surface area contributed by atoms with Crippen LogP contribution in [0.5, 0.6) is 0 Å². The van der Waals surface area contributed by atoms with Crippen LogP contribution in [0.4, 0.5) is 0 Å². The summed E-state index contributed by atoms with van der Waals surface area (Å²) >= 11 is 6.22. The van der Waals surface area contributed by atoms with Crippen molar-refractivity contribution in [2.24, 2.45) is 0 Å². The summed E-state index contributed by atoms with van der Waals surface area (Å²) in [5.41, 5.74) is 2.03. The molecule has 1 aliphatic heterocycles. The number of carbonyl (C=O) groups is 1. The molecule has 1 fully saturated rings. The van der Waals surface area contributed by atoms with Gasteiger partial charge in [-0.05, 0) is 19.1 Å². The van der Waals surface area contributed by atoms with E-state index in [-0.39, 0.29) is 17.3 Å². The third-order valence-electron chi connectivity index (χ3n) is 3.54. The first kappa shape index (κ1) is 12.9. The predicted molar refractivity (Wildman–Crippen MR) is 75.4 cm³/mol. The molecule has 2 unspecified atom stereocenters. The van der Waals surface area contributed by atoms with Gasteiger partial charge in [0.25, 0.3) is 0 Å². The summed E-state index contributed by atoms with van der Waals surface area (Å²) in [6.45, 7) is 2.41. The molecule has 1 saturated heterocycles. The van der Waals surface area contributed by atoms with E-state index >= 15 is 0 Å². The Morgan fingerprint density at radius 1 is 1.60 bits per heavy atom. The molecule has 3 rings (SSSR count). The van der Waals surface area contributed by atoms with Crippen molar-refractivity contribution < 1.29 is 4.79 Å². The minimum absolute atomic E-state index is 0.00218. The largest absolute Gasteiger partial charge is 0.354 e. The lowest BCUT2D eigenvalue weighted by atomic mass is 10.2. The first-order valence-corrected chi connectivity index (χ1v) is 6.87. The average molecular weight is 289 g/mol. The Bertz CT molecular complexity index is 729. The van der Waals surface area contributed by atoms with E-state index < -0.39 is 0 Å². The topological polar surface area (TPSA) is 70.7 Å². The number of carbonyl (C=O) groups excluding carboxylic acids is 1. The number of benzene rings is 1. The molecule has 0 spiro atoms. The van der Waals surface area contributed by atoms with Crippen LogP contribution < -0.4 is 5.32 Å². The van der Waals surface area contributed by atoms with Crippen LogP contribution in [0.3, 0.4) is 0 Å². The molecule has 20 heavy (non-hydrogen) atoms. The second kappa shape index (κ2) is 4.80. The molecule has 2 atom stereocenters. The highest BCUT2D eigenvalue weighted by Gasteiger charge is 2.28. The van der Waals surface area contributed by atoms with E-state index in [2.05, 4.69) is 16.4 Å². The van der Waals surface area contributed by atoms with Crippen LogP contribution in [0.25, 0.3) is 11.0 Å². The van der Waals surface area contributed by atoms with E-state index in [1.165, 1.54) is 0 Å². The van der Waals surface area contributed by atoms with Crippen LogP contribution in [-0.2, 0) is 4.79 Å². The highest BCUT2D eigenvalue weighted by atomic mass is 35.5. The van der Waals surface area contributed by atoms with Crippen molar-refractivity contribution in [3.8, 4) is 6.07 Å². The standard InChI is InChI=1S/C14H13ClN4O/c1-8(15)14-18-13-9(6-16)3-2-4-11(13)19(14)10-5-12(20)17-7-10/h2-4,8,10H,5,7H2,1H3,(H,17,20). The van der Waals surface area contributed by atoms with Crippen molar-refractivity contribution in [3.05, 3.63) is 29.6 Å². The zero-order valence-corrected chi connectivity index (χ0v) is 11.7. The number of aromatic nitrogens is 2. The molecule has 2 heterocycles. The quantitative estimate of drug-likeness (QED) is 0.862. The normalized spacial score (nSPS) is 19.9. The molecule has 1 aromatic heterocycles. The number of nitrogens with one attached hydrogen (secondary N) is 1. The van der Waals surface area contributed by atoms with Gasteiger partial charge in [-0.1, -0.05) is 6.07 Å². The number of imidazole rings is 1. The Hall–Kier alpha value is -2.06. The van der Waals surface area contributed by atoms with Gasteiger partial charge in [0.05, 0.1) is 22.5 Å². The van der Waals surface area contributed by atoms with Crippen LogP contribution in [0.2, 0.25) is 0 Å². The van der Waals surface area contributed by atoms with Crippen molar-refractivity contribution in [2.45, 2.75) is 24.8 Å². The van der Waals surface area contributed by atoms with Crippen molar-refractivity contribution in [1.82, 2.24) is 14.9 Å². The van der Waals surface area contributed by atoms with Crippen LogP contribution >= 0.6 is 11.6 Å². The molecule has 1 N–H and O–H groups in total. The number of nitriles is 1. The second-order valence-electron chi connectivity index (χ2n) is 4.90. The zero-order chi connectivity index (χ0) is 14.3. The average Bonchev–Trinajstić information content (AvgIpc) is 3.01. The Kier molecular flexibility index (Phi) is 3.11. The lowest BCUT2D eigenvalue weighted by molar-refractivity contribution is -0.119. The van der Waals surface area contributed by atoms with Crippen LogP contribution in [0.15, 0.2) is 18.2 Å². The fourth-order valence-corrected chi connectivity index (χ4v) is 2.82. The smallest absolute Gasteiger partial charge is 0.222 e. The molecular formula is C14H13ClN4O. The van der Waals surface area contributed by atoms with Gasteiger partial charge in [0.1, 0.15) is 17.4 Å². The fourth-order valence-electron chi connectivity index (χ4n) is 2.66. The number of alkyl halides is 1. The van der Waals surface area contributed by atoms with Crippen molar-refractivity contribution in [1.29, 1.82) is 5.26 Å². The van der Waals surface area contributed by atoms with Crippen LogP contribution in [0.1, 0.15) is 36.2 Å². The molecular weight excluding hydrogens is 276 g/mol. The van der Waals surface area contributed by atoms with E-state index in [9.17, 15) is 10.1 Å². The summed E-state index contributed by atoms with van der Waals surface area (Å²) in [6.07, 6.45) is 0.416. The zero-order valence-electron chi connectivity index (χ0n) is 10.9. The summed E-state index contributed by atoms with van der Waals surface area (Å²) in [5.74, 6) is 0.729. The summed E-state index contributed by atoms with van der Waals surface area (Å²) in [4.78, 5) is 16.0. The van der Waals surface area contributed by atoms with Crippen molar-refractivity contribution in [2.75, 3.05) is 6.54 Å². The highest BCUT2D eigenvalue weighted by Crippen LogP contribution is 2.31. The maximum atomic E-state index is 11.5. The molecule has 0 radical (unpaired) electrons. The fraction of sp³-hybridized carbons (Fsp3) is 0.357. The van der Waals surface area contributed by atoms with Gasteiger partial charge in [-0.25, -0.2) is 4.98 Å². The predicted octanol–water partition coefficient (Wildman–Crippen LogP) is 2.27. The minimum atomic E-state index is -0.287. The number of hydrogen-bond acceptors (Lipinski definition) is 3. The van der Waals surface area contributed by atoms with Crippen molar-refractivity contribution >= 4 is 28.5 Å². The van der Waals surface area contributed by atoms with Gasteiger partial charge in [0.15, 0.2) is 0 Å². The molecule has 0 bridgehead atoms. The van der Waals surface area contributed by atoms with Gasteiger partial charge in [-0.3, -0.25) is 4.79 Å². The number of nitrogens with zero attached hydrogens (tertiary/aromatic N) is 3. The van der Waals surface area contributed by atoms with E-state index in [0.29, 0.717) is 29.9 Å². The number of para-hydroxylation sites is 1. The van der Waals surface area contributed by atoms with Gasteiger partial charge in [0, 0.05) is 13.0 Å². The van der Waals surface area contributed by atoms with Crippen LogP contribution in [0, 0.1) is 11.3 Å². The maximum Gasteiger partial charge on any atom is 0.222 e. The molecule has 2 aromatic rings. The molecule has 1 aliphatic rings. The summed E-state index contributed by atoms with van der Waals surface area (Å²) in [7, 11) is 0. The van der Waals surface area contributed by atoms with Crippen molar-refractivity contribution in [3.63, 3.8) is 0 Å². The number of halogens is 1. The monoisotopic (exact) mass is 288 g/mol. The van der Waals surface area contributed by atoms with Gasteiger partial charge in [0.2, 0.25) is 5.91 Å². The molecule has 102 valence electrons. The van der Waals surface area contributed by atoms with E-state index in [4.69, 9.17) is 11.6 Å². The number of hydrogen-bond donors (Lipinski definition) is 1. The van der Waals surface area contributed by atoms with Gasteiger partial charge < -0.3 is 9.88 Å². The third-order valence-corrected chi connectivity index (χ3v) is 3.74.